The summed E-state index contributed by atoms with van der Waals surface area (Å²) in [6, 6.07) is 8.18. The molecular formula is C16H24O3. The molecule has 1 N–H and O–H groups in total. The zero-order valence-electron chi connectivity index (χ0n) is 11.7. The minimum absolute atomic E-state index is 0.111. The molecule has 106 valence electrons. The first-order valence-electron chi connectivity index (χ1n) is 7.18. The second-order valence-electron chi connectivity index (χ2n) is 5.28. The van der Waals surface area contributed by atoms with Gasteiger partial charge in [-0.1, -0.05) is 18.6 Å². The Hall–Kier alpha value is -1.06. The summed E-state index contributed by atoms with van der Waals surface area (Å²) in [6.07, 6.45) is 5.02. The number of ether oxygens (including phenoxy) is 2. The molecule has 1 aliphatic rings. The van der Waals surface area contributed by atoms with Gasteiger partial charge in [-0.25, -0.2) is 0 Å². The van der Waals surface area contributed by atoms with Crippen LogP contribution >= 0.6 is 0 Å². The highest BCUT2D eigenvalue weighted by Gasteiger charge is 2.24. The van der Waals surface area contributed by atoms with E-state index in [4.69, 9.17) is 9.47 Å². The lowest BCUT2D eigenvalue weighted by Crippen LogP contribution is -2.16. The van der Waals surface area contributed by atoms with Crippen molar-refractivity contribution in [1.82, 2.24) is 0 Å². The normalized spacial score (nSPS) is 22.6. The summed E-state index contributed by atoms with van der Waals surface area (Å²) in [7, 11) is 1.72. The van der Waals surface area contributed by atoms with E-state index in [-0.39, 0.29) is 6.10 Å². The summed E-state index contributed by atoms with van der Waals surface area (Å²) in [6.45, 7) is 1.44. The minimum atomic E-state index is -0.111. The molecule has 0 spiro atoms. The quantitative estimate of drug-likeness (QED) is 0.823. The van der Waals surface area contributed by atoms with E-state index in [0.717, 1.165) is 44.5 Å². The maximum atomic E-state index is 9.74. The highest BCUT2D eigenvalue weighted by molar-refractivity contribution is 5.27. The first-order valence-corrected chi connectivity index (χ1v) is 7.18. The van der Waals surface area contributed by atoms with Crippen molar-refractivity contribution in [3.63, 3.8) is 0 Å². The van der Waals surface area contributed by atoms with Crippen molar-refractivity contribution in [1.29, 1.82) is 0 Å². The zero-order chi connectivity index (χ0) is 13.5. The van der Waals surface area contributed by atoms with Crippen LogP contribution in [0.2, 0.25) is 0 Å². The molecule has 1 aliphatic carbocycles. The van der Waals surface area contributed by atoms with Crippen LogP contribution in [0.15, 0.2) is 24.3 Å². The third kappa shape index (κ3) is 4.51. The van der Waals surface area contributed by atoms with Gasteiger partial charge < -0.3 is 14.6 Å². The van der Waals surface area contributed by atoms with Crippen LogP contribution in [0.3, 0.4) is 0 Å². The van der Waals surface area contributed by atoms with Crippen molar-refractivity contribution < 1.29 is 14.6 Å². The predicted molar refractivity (Wildman–Crippen MR) is 75.5 cm³/mol. The smallest absolute Gasteiger partial charge is 0.119 e. The summed E-state index contributed by atoms with van der Waals surface area (Å²) in [4.78, 5) is 0. The predicted octanol–water partition coefficient (Wildman–Crippen LogP) is 2.81. The molecule has 0 heterocycles. The van der Waals surface area contributed by atoms with E-state index in [1.165, 1.54) is 5.56 Å². The van der Waals surface area contributed by atoms with Crippen LogP contribution in [0, 0.1) is 5.92 Å². The molecular weight excluding hydrogens is 240 g/mol. The summed E-state index contributed by atoms with van der Waals surface area (Å²) in [5.41, 5.74) is 1.26. The monoisotopic (exact) mass is 264 g/mol. The Labute approximate surface area is 115 Å². The van der Waals surface area contributed by atoms with E-state index in [9.17, 15) is 5.11 Å². The molecule has 1 fully saturated rings. The standard InChI is InChI=1S/C16H24O3/c1-18-11-9-13-5-7-15(8-6-13)19-12-10-14-3-2-4-16(14)17/h5-8,14,16-17H,2-4,9-12H2,1H3. The maximum absolute atomic E-state index is 9.74. The van der Waals surface area contributed by atoms with E-state index in [2.05, 4.69) is 12.1 Å². The lowest BCUT2D eigenvalue weighted by atomic mass is 10.0. The average molecular weight is 264 g/mol. The molecule has 1 aromatic rings. The second-order valence-corrected chi connectivity index (χ2v) is 5.28. The maximum Gasteiger partial charge on any atom is 0.119 e. The van der Waals surface area contributed by atoms with Gasteiger partial charge in [-0.15, -0.1) is 0 Å². The number of hydrogen-bond acceptors (Lipinski definition) is 3. The van der Waals surface area contributed by atoms with Gasteiger partial charge in [0.15, 0.2) is 0 Å². The van der Waals surface area contributed by atoms with Gasteiger partial charge in [-0.2, -0.15) is 0 Å². The first kappa shape index (κ1) is 14.4. The SMILES string of the molecule is COCCc1ccc(OCCC2CCCC2O)cc1. The van der Waals surface area contributed by atoms with Crippen molar-refractivity contribution in [2.45, 2.75) is 38.2 Å². The Morgan fingerprint density at radius 1 is 1.16 bits per heavy atom. The van der Waals surface area contributed by atoms with Gasteiger partial charge >= 0.3 is 0 Å². The molecule has 2 atom stereocenters. The van der Waals surface area contributed by atoms with E-state index >= 15 is 0 Å². The minimum Gasteiger partial charge on any atom is -0.494 e. The molecule has 2 rings (SSSR count). The Morgan fingerprint density at radius 2 is 1.95 bits per heavy atom. The Kier molecular flexibility index (Phi) is 5.67. The molecule has 0 aromatic heterocycles. The van der Waals surface area contributed by atoms with Crippen LogP contribution in [-0.2, 0) is 11.2 Å². The molecule has 0 amide bonds. The Balaban J connectivity index is 1.70. The second kappa shape index (κ2) is 7.51. The van der Waals surface area contributed by atoms with E-state index < -0.39 is 0 Å². The van der Waals surface area contributed by atoms with Crippen LogP contribution in [-0.4, -0.2) is 31.5 Å². The van der Waals surface area contributed by atoms with Gasteiger partial charge in [0.1, 0.15) is 5.75 Å². The van der Waals surface area contributed by atoms with Gasteiger partial charge in [0.25, 0.3) is 0 Å². The van der Waals surface area contributed by atoms with Gasteiger partial charge in [-0.3, -0.25) is 0 Å². The first-order chi connectivity index (χ1) is 9.29. The van der Waals surface area contributed by atoms with Crippen LogP contribution in [0.4, 0.5) is 0 Å². The van der Waals surface area contributed by atoms with E-state index in [1.807, 2.05) is 12.1 Å². The Morgan fingerprint density at radius 3 is 2.58 bits per heavy atom. The number of benzene rings is 1. The molecule has 3 heteroatoms. The number of methoxy groups -OCH3 is 1. The molecule has 3 nitrogen and oxygen atoms in total. The van der Waals surface area contributed by atoms with Crippen molar-refractivity contribution in [2.75, 3.05) is 20.3 Å². The van der Waals surface area contributed by atoms with E-state index in [1.54, 1.807) is 7.11 Å². The number of aliphatic hydroxyl groups is 1. The van der Waals surface area contributed by atoms with Crippen LogP contribution in [0.1, 0.15) is 31.2 Å². The molecule has 19 heavy (non-hydrogen) atoms. The van der Waals surface area contributed by atoms with Crippen LogP contribution < -0.4 is 4.74 Å². The summed E-state index contributed by atoms with van der Waals surface area (Å²) < 4.78 is 10.8. The lowest BCUT2D eigenvalue weighted by Gasteiger charge is -2.14. The average Bonchev–Trinajstić information content (AvgIpc) is 2.84. The van der Waals surface area contributed by atoms with Crippen molar-refractivity contribution in [3.8, 4) is 5.75 Å². The molecule has 0 aliphatic heterocycles. The summed E-state index contributed by atoms with van der Waals surface area (Å²) in [5.74, 6) is 1.34. The van der Waals surface area contributed by atoms with Gasteiger partial charge in [-0.05, 0) is 49.3 Å². The fraction of sp³-hybridized carbons (Fsp3) is 0.625. The van der Waals surface area contributed by atoms with Gasteiger partial charge in [0.2, 0.25) is 0 Å². The van der Waals surface area contributed by atoms with Gasteiger partial charge in [0, 0.05) is 7.11 Å². The molecule has 0 radical (unpaired) electrons. The van der Waals surface area contributed by atoms with Crippen molar-refractivity contribution in [2.24, 2.45) is 5.92 Å². The largest absolute Gasteiger partial charge is 0.494 e. The fourth-order valence-corrected chi connectivity index (χ4v) is 2.65. The Bertz CT molecular complexity index is 361. The number of rotatable bonds is 7. The fourth-order valence-electron chi connectivity index (χ4n) is 2.65. The third-order valence-corrected chi connectivity index (χ3v) is 3.89. The molecule has 0 bridgehead atoms. The van der Waals surface area contributed by atoms with Gasteiger partial charge in [0.05, 0.1) is 19.3 Å². The molecule has 0 saturated heterocycles. The van der Waals surface area contributed by atoms with Crippen LogP contribution in [0.25, 0.3) is 0 Å². The zero-order valence-corrected chi connectivity index (χ0v) is 11.7. The highest BCUT2D eigenvalue weighted by atomic mass is 16.5. The summed E-state index contributed by atoms with van der Waals surface area (Å²) in [5, 5.41) is 9.74. The topological polar surface area (TPSA) is 38.7 Å². The lowest BCUT2D eigenvalue weighted by molar-refractivity contribution is 0.117. The summed E-state index contributed by atoms with van der Waals surface area (Å²) >= 11 is 0. The molecule has 2 unspecified atom stereocenters. The third-order valence-electron chi connectivity index (χ3n) is 3.89. The van der Waals surface area contributed by atoms with Crippen molar-refractivity contribution in [3.05, 3.63) is 29.8 Å². The van der Waals surface area contributed by atoms with Crippen LogP contribution in [0.5, 0.6) is 5.75 Å². The van der Waals surface area contributed by atoms with E-state index in [0.29, 0.717) is 12.5 Å². The number of aliphatic hydroxyl groups excluding tert-OH is 1. The number of hydrogen-bond donors (Lipinski definition) is 1. The molecule has 1 aromatic carbocycles. The molecule has 1 saturated carbocycles. The van der Waals surface area contributed by atoms with Crippen molar-refractivity contribution >= 4 is 0 Å². The highest BCUT2D eigenvalue weighted by Crippen LogP contribution is 2.28.